The highest BCUT2D eigenvalue weighted by molar-refractivity contribution is 7.71. The zero-order chi connectivity index (χ0) is 12.3. The third-order valence-corrected chi connectivity index (χ3v) is 3.23. The predicted octanol–water partition coefficient (Wildman–Crippen LogP) is 3.89. The summed E-state index contributed by atoms with van der Waals surface area (Å²) in [4.78, 5) is 7.83. The quantitative estimate of drug-likeness (QED) is 0.780. The van der Waals surface area contributed by atoms with Gasteiger partial charge in [-0.05, 0) is 38.2 Å². The Hall–Kier alpha value is -0.740. The number of aromatic nitrogens is 2. The third kappa shape index (κ3) is 3.36. The largest absolute Gasteiger partial charge is 0.371 e. The van der Waals surface area contributed by atoms with Crippen LogP contribution in [0.25, 0.3) is 0 Å². The Balaban J connectivity index is 2.24. The molecule has 1 atom stereocenters. The van der Waals surface area contributed by atoms with Crippen molar-refractivity contribution in [1.82, 2.24) is 9.97 Å². The molecule has 0 bridgehead atoms. The lowest BCUT2D eigenvalue weighted by atomic mass is 10.2. The Morgan fingerprint density at radius 2 is 2.29 bits per heavy atom. The summed E-state index contributed by atoms with van der Waals surface area (Å²) < 4.78 is 6.42. The Morgan fingerprint density at radius 1 is 1.53 bits per heavy atom. The fourth-order valence-corrected chi connectivity index (χ4v) is 2.25. The van der Waals surface area contributed by atoms with Gasteiger partial charge in [0.1, 0.15) is 16.6 Å². The predicted molar refractivity (Wildman–Crippen MR) is 70.7 cm³/mol. The normalized spacial score (nSPS) is 17.1. The lowest BCUT2D eigenvalue weighted by Gasteiger charge is -2.16. The smallest absolute Gasteiger partial charge is 0.137 e. The molecule has 1 fully saturated rings. The lowest BCUT2D eigenvalue weighted by molar-refractivity contribution is 0.0491. The third-order valence-electron chi connectivity index (χ3n) is 3.02. The van der Waals surface area contributed by atoms with Gasteiger partial charge in [-0.25, -0.2) is 4.98 Å². The number of hydrogen-bond donors (Lipinski definition) is 1. The summed E-state index contributed by atoms with van der Waals surface area (Å²) in [6.45, 7) is 4.88. The molecule has 3 nitrogen and oxygen atoms in total. The monoisotopic (exact) mass is 252 g/mol. The summed E-state index contributed by atoms with van der Waals surface area (Å²) in [5.74, 6) is 1.57. The molecule has 1 heterocycles. The number of ether oxygens (including phenoxy) is 1. The maximum Gasteiger partial charge on any atom is 0.137 e. The number of H-pyrrole nitrogens is 1. The van der Waals surface area contributed by atoms with E-state index in [0.717, 1.165) is 18.7 Å². The van der Waals surface area contributed by atoms with E-state index in [1.165, 1.54) is 18.5 Å². The molecule has 0 saturated heterocycles. The molecule has 1 aliphatic rings. The van der Waals surface area contributed by atoms with E-state index in [4.69, 9.17) is 17.0 Å². The summed E-state index contributed by atoms with van der Waals surface area (Å²) in [7, 11) is 0. The van der Waals surface area contributed by atoms with E-state index in [9.17, 15) is 0 Å². The Labute approximate surface area is 108 Å². The van der Waals surface area contributed by atoms with E-state index in [2.05, 4.69) is 16.9 Å². The van der Waals surface area contributed by atoms with Crippen molar-refractivity contribution < 1.29 is 4.74 Å². The molecule has 2 rings (SSSR count). The molecule has 17 heavy (non-hydrogen) atoms. The van der Waals surface area contributed by atoms with Crippen LogP contribution in [0.3, 0.4) is 0 Å². The van der Waals surface area contributed by atoms with Gasteiger partial charge in [0.25, 0.3) is 0 Å². The van der Waals surface area contributed by atoms with Crippen molar-refractivity contribution in [3.63, 3.8) is 0 Å². The average molecular weight is 252 g/mol. The van der Waals surface area contributed by atoms with Gasteiger partial charge in [-0.1, -0.05) is 25.6 Å². The molecule has 0 spiro atoms. The molecule has 1 saturated carbocycles. The molecule has 0 radical (unpaired) electrons. The number of nitrogens with one attached hydrogen (secondary N) is 1. The number of aromatic amines is 1. The van der Waals surface area contributed by atoms with E-state index < -0.39 is 0 Å². The molecule has 0 aromatic carbocycles. The van der Waals surface area contributed by atoms with Crippen LogP contribution in [-0.2, 0) is 4.74 Å². The average Bonchev–Trinajstić information content (AvgIpc) is 3.12. The van der Waals surface area contributed by atoms with E-state index in [0.29, 0.717) is 17.2 Å². The van der Waals surface area contributed by atoms with Crippen molar-refractivity contribution >= 4 is 12.2 Å². The van der Waals surface area contributed by atoms with Gasteiger partial charge in [0.2, 0.25) is 0 Å². The van der Waals surface area contributed by atoms with Gasteiger partial charge >= 0.3 is 0 Å². The molecule has 1 aromatic rings. The van der Waals surface area contributed by atoms with Crippen LogP contribution in [0.2, 0.25) is 0 Å². The van der Waals surface area contributed by atoms with Crippen molar-refractivity contribution in [2.75, 3.05) is 6.61 Å². The highest BCUT2D eigenvalue weighted by Crippen LogP contribution is 2.39. The molecular formula is C13H20N2OS. The van der Waals surface area contributed by atoms with Crippen LogP contribution in [0.1, 0.15) is 63.1 Å². The Kier molecular flexibility index (Phi) is 4.29. The SMILES string of the molecule is CCCC(OCC)c1nc(=S)cc(C2CC2)[nH]1. The van der Waals surface area contributed by atoms with Gasteiger partial charge in [-0.15, -0.1) is 0 Å². The first-order valence-corrected chi connectivity index (χ1v) is 6.88. The maximum atomic E-state index is 5.74. The highest BCUT2D eigenvalue weighted by atomic mass is 32.1. The highest BCUT2D eigenvalue weighted by Gasteiger charge is 2.25. The molecule has 1 aliphatic carbocycles. The number of hydrogen-bond acceptors (Lipinski definition) is 3. The minimum Gasteiger partial charge on any atom is -0.371 e. The molecule has 0 amide bonds. The van der Waals surface area contributed by atoms with E-state index in [-0.39, 0.29) is 6.10 Å². The Morgan fingerprint density at radius 3 is 2.88 bits per heavy atom. The molecule has 1 aromatic heterocycles. The van der Waals surface area contributed by atoms with Crippen molar-refractivity contribution in [2.45, 2.75) is 51.6 Å². The van der Waals surface area contributed by atoms with E-state index >= 15 is 0 Å². The minimum absolute atomic E-state index is 0.0606. The second-order valence-electron chi connectivity index (χ2n) is 4.57. The van der Waals surface area contributed by atoms with Crippen molar-refractivity contribution in [2.24, 2.45) is 0 Å². The van der Waals surface area contributed by atoms with E-state index in [1.807, 2.05) is 13.0 Å². The van der Waals surface area contributed by atoms with Crippen molar-refractivity contribution in [3.8, 4) is 0 Å². The van der Waals surface area contributed by atoms with Crippen LogP contribution in [-0.4, -0.2) is 16.6 Å². The summed E-state index contributed by atoms with van der Waals surface area (Å²) in [6.07, 6.45) is 4.66. The van der Waals surface area contributed by atoms with Gasteiger partial charge in [0, 0.05) is 12.3 Å². The van der Waals surface area contributed by atoms with Crippen LogP contribution in [0.4, 0.5) is 0 Å². The van der Waals surface area contributed by atoms with Crippen molar-refractivity contribution in [1.29, 1.82) is 0 Å². The van der Waals surface area contributed by atoms with Crippen molar-refractivity contribution in [3.05, 3.63) is 22.2 Å². The van der Waals surface area contributed by atoms with E-state index in [1.54, 1.807) is 0 Å². The fraction of sp³-hybridized carbons (Fsp3) is 0.692. The van der Waals surface area contributed by atoms with Gasteiger partial charge in [-0.3, -0.25) is 0 Å². The molecule has 4 heteroatoms. The lowest BCUT2D eigenvalue weighted by Crippen LogP contribution is -2.10. The number of rotatable bonds is 6. The fourth-order valence-electron chi connectivity index (χ4n) is 2.03. The second-order valence-corrected chi connectivity index (χ2v) is 4.99. The standard InChI is InChI=1S/C13H20N2OS/c1-3-5-11(16-4-2)13-14-10(9-6-7-9)8-12(17)15-13/h8-9,11H,3-7H2,1-2H3,(H,14,15,17). The molecule has 1 unspecified atom stereocenters. The first-order valence-electron chi connectivity index (χ1n) is 6.47. The Bertz CT molecular complexity index is 420. The zero-order valence-electron chi connectivity index (χ0n) is 10.5. The van der Waals surface area contributed by atoms with Gasteiger partial charge < -0.3 is 9.72 Å². The van der Waals surface area contributed by atoms with Crippen LogP contribution in [0.5, 0.6) is 0 Å². The topological polar surface area (TPSA) is 37.9 Å². The van der Waals surface area contributed by atoms with Gasteiger partial charge in [0.15, 0.2) is 0 Å². The summed E-state index contributed by atoms with van der Waals surface area (Å²) >= 11 is 5.23. The first kappa shape index (κ1) is 12.7. The van der Waals surface area contributed by atoms with Crippen LogP contribution in [0.15, 0.2) is 6.07 Å². The number of nitrogens with zero attached hydrogens (tertiary/aromatic N) is 1. The van der Waals surface area contributed by atoms with Crippen LogP contribution < -0.4 is 0 Å². The maximum absolute atomic E-state index is 5.74. The summed E-state index contributed by atoms with van der Waals surface area (Å²) in [5.41, 5.74) is 1.24. The molecule has 0 aliphatic heterocycles. The van der Waals surface area contributed by atoms with Gasteiger partial charge in [-0.2, -0.15) is 0 Å². The molecule has 94 valence electrons. The zero-order valence-corrected chi connectivity index (χ0v) is 11.3. The summed E-state index contributed by atoms with van der Waals surface area (Å²) in [5, 5.41) is 0. The second kappa shape index (κ2) is 5.74. The molecule has 1 N–H and O–H groups in total. The first-order chi connectivity index (χ1) is 8.24. The summed E-state index contributed by atoms with van der Waals surface area (Å²) in [6, 6.07) is 1.99. The minimum atomic E-state index is 0.0606. The van der Waals surface area contributed by atoms with Crippen LogP contribution in [0, 0.1) is 4.64 Å². The van der Waals surface area contributed by atoms with Gasteiger partial charge in [0.05, 0.1) is 0 Å². The molecular weight excluding hydrogens is 232 g/mol. The van der Waals surface area contributed by atoms with Crippen LogP contribution >= 0.6 is 12.2 Å².